The summed E-state index contributed by atoms with van der Waals surface area (Å²) in [6.45, 7) is 1.52. The van der Waals surface area contributed by atoms with Gasteiger partial charge in [0, 0.05) is 29.0 Å². The van der Waals surface area contributed by atoms with Crippen molar-refractivity contribution in [2.45, 2.75) is 11.8 Å². The summed E-state index contributed by atoms with van der Waals surface area (Å²) in [5.74, 6) is -0.465. The van der Waals surface area contributed by atoms with Crippen LogP contribution in [0.1, 0.15) is 27.8 Å². The first-order chi connectivity index (χ1) is 11.6. The van der Waals surface area contributed by atoms with Crippen LogP contribution in [0.3, 0.4) is 0 Å². The first-order valence-electron chi connectivity index (χ1n) is 7.37. The molecule has 1 heterocycles. The first kappa shape index (κ1) is 17.8. The van der Waals surface area contributed by atoms with E-state index in [1.807, 2.05) is 30.3 Å². The maximum Gasteiger partial charge on any atom is 0.355 e. The summed E-state index contributed by atoms with van der Waals surface area (Å²) in [7, 11) is 0. The summed E-state index contributed by atoms with van der Waals surface area (Å²) < 4.78 is 4.90. The second kappa shape index (κ2) is 8.93. The molecule has 0 bridgehead atoms. The highest BCUT2D eigenvalue weighted by Gasteiger charge is 2.13. The van der Waals surface area contributed by atoms with Crippen LogP contribution in [0.25, 0.3) is 0 Å². The number of aromatic nitrogens is 1. The highest BCUT2D eigenvalue weighted by molar-refractivity contribution is 7.99. The third-order valence-corrected chi connectivity index (χ3v) is 4.09. The third-order valence-electron chi connectivity index (χ3n) is 3.08. The Morgan fingerprint density at radius 3 is 2.62 bits per heavy atom. The maximum absolute atomic E-state index is 11.8. The number of amides is 1. The lowest BCUT2D eigenvalue weighted by molar-refractivity contribution is -0.124. The molecule has 1 aromatic heterocycles. The monoisotopic (exact) mass is 346 g/mol. The van der Waals surface area contributed by atoms with Gasteiger partial charge in [-0.3, -0.25) is 9.59 Å². The fourth-order valence-corrected chi connectivity index (χ4v) is 2.64. The van der Waals surface area contributed by atoms with Gasteiger partial charge >= 0.3 is 5.97 Å². The topological polar surface area (TPSA) is 88.3 Å². The zero-order chi connectivity index (χ0) is 17.4. The van der Waals surface area contributed by atoms with Crippen molar-refractivity contribution >= 4 is 29.4 Å². The van der Waals surface area contributed by atoms with Gasteiger partial charge in [0.05, 0.1) is 0 Å². The Bertz CT molecular complexity index is 712. The minimum atomic E-state index is -0.670. The van der Waals surface area contributed by atoms with Crippen LogP contribution in [0.15, 0.2) is 47.5 Å². The van der Waals surface area contributed by atoms with Crippen LogP contribution in [0.4, 0.5) is 0 Å². The molecule has 6 nitrogen and oxygen atoms in total. The highest BCUT2D eigenvalue weighted by atomic mass is 32.2. The van der Waals surface area contributed by atoms with Crippen molar-refractivity contribution in [3.63, 3.8) is 0 Å². The van der Waals surface area contributed by atoms with E-state index in [-0.39, 0.29) is 24.0 Å². The molecule has 126 valence electrons. The number of esters is 1. The number of thioether (sulfide) groups is 1. The van der Waals surface area contributed by atoms with E-state index in [2.05, 4.69) is 10.3 Å². The summed E-state index contributed by atoms with van der Waals surface area (Å²) >= 11 is 1.63. The summed E-state index contributed by atoms with van der Waals surface area (Å²) in [6.07, 6.45) is 1.43. The largest absolute Gasteiger partial charge is 0.451 e. The van der Waals surface area contributed by atoms with Crippen LogP contribution in [-0.4, -0.2) is 41.5 Å². The fourth-order valence-electron chi connectivity index (χ4n) is 1.85. The van der Waals surface area contributed by atoms with E-state index in [0.717, 1.165) is 10.6 Å². The van der Waals surface area contributed by atoms with E-state index >= 15 is 0 Å². The molecular formula is C17H18N2O4S. The Labute approximate surface area is 144 Å². The van der Waals surface area contributed by atoms with Gasteiger partial charge in [0.15, 0.2) is 12.4 Å². The molecule has 2 rings (SSSR count). The smallest absolute Gasteiger partial charge is 0.355 e. The number of hydrogen-bond donors (Lipinski definition) is 2. The van der Waals surface area contributed by atoms with Gasteiger partial charge < -0.3 is 15.0 Å². The van der Waals surface area contributed by atoms with Gasteiger partial charge in [-0.2, -0.15) is 0 Å². The van der Waals surface area contributed by atoms with Gasteiger partial charge in [0.2, 0.25) is 0 Å². The molecule has 2 aromatic rings. The number of ketones is 1. The average Bonchev–Trinajstić information content (AvgIpc) is 3.08. The Balaban J connectivity index is 1.65. The molecule has 0 radical (unpaired) electrons. The van der Waals surface area contributed by atoms with Crippen LogP contribution >= 0.6 is 11.8 Å². The number of ether oxygens (including phenoxy) is 1. The van der Waals surface area contributed by atoms with Crippen LogP contribution in [0.2, 0.25) is 0 Å². The van der Waals surface area contributed by atoms with Crippen molar-refractivity contribution in [3.05, 3.63) is 53.9 Å². The van der Waals surface area contributed by atoms with Crippen molar-refractivity contribution in [2.24, 2.45) is 0 Å². The number of carbonyl (C=O) groups excluding carboxylic acids is 3. The van der Waals surface area contributed by atoms with E-state index in [1.165, 1.54) is 19.2 Å². The van der Waals surface area contributed by atoms with Crippen molar-refractivity contribution in [1.82, 2.24) is 10.3 Å². The minimum Gasteiger partial charge on any atom is -0.451 e. The van der Waals surface area contributed by atoms with Gasteiger partial charge in [-0.25, -0.2) is 4.79 Å². The number of H-pyrrole nitrogens is 1. The molecule has 0 fully saturated rings. The average molecular weight is 346 g/mol. The fraction of sp³-hybridized carbons (Fsp3) is 0.235. The van der Waals surface area contributed by atoms with E-state index in [0.29, 0.717) is 12.1 Å². The van der Waals surface area contributed by atoms with Gasteiger partial charge in [-0.05, 0) is 25.1 Å². The van der Waals surface area contributed by atoms with E-state index < -0.39 is 5.97 Å². The second-order valence-electron chi connectivity index (χ2n) is 4.95. The molecule has 2 N–H and O–H groups in total. The normalized spacial score (nSPS) is 10.2. The predicted molar refractivity (Wildman–Crippen MR) is 91.3 cm³/mol. The maximum atomic E-state index is 11.8. The van der Waals surface area contributed by atoms with Gasteiger partial charge in [-0.15, -0.1) is 11.8 Å². The summed E-state index contributed by atoms with van der Waals surface area (Å²) in [4.78, 5) is 38.3. The summed E-state index contributed by atoms with van der Waals surface area (Å²) in [5.41, 5.74) is 0.539. The molecule has 1 amide bonds. The number of carbonyl (C=O) groups is 3. The molecule has 0 saturated heterocycles. The van der Waals surface area contributed by atoms with Gasteiger partial charge in [0.25, 0.3) is 5.91 Å². The molecule has 24 heavy (non-hydrogen) atoms. The molecule has 0 aliphatic rings. The molecule has 7 heteroatoms. The van der Waals surface area contributed by atoms with Gasteiger partial charge in [0.1, 0.15) is 5.69 Å². The van der Waals surface area contributed by atoms with E-state index in [1.54, 1.807) is 11.8 Å². The molecule has 0 spiro atoms. The zero-order valence-corrected chi connectivity index (χ0v) is 14.0. The molecule has 1 aromatic carbocycles. The van der Waals surface area contributed by atoms with Crippen molar-refractivity contribution in [2.75, 3.05) is 18.9 Å². The minimum absolute atomic E-state index is 0.146. The number of Topliss-reactive ketones (excluding diaryl/α,β-unsaturated/α-hetero) is 1. The quantitative estimate of drug-likeness (QED) is 0.331. The molecule has 0 unspecified atom stereocenters. The Kier molecular flexibility index (Phi) is 6.62. The lowest BCUT2D eigenvalue weighted by atomic mass is 10.2. The number of aromatic amines is 1. The number of hydrogen-bond acceptors (Lipinski definition) is 5. The molecular weight excluding hydrogens is 328 g/mol. The Morgan fingerprint density at radius 2 is 1.96 bits per heavy atom. The second-order valence-corrected chi connectivity index (χ2v) is 6.11. The third kappa shape index (κ3) is 5.58. The summed E-state index contributed by atoms with van der Waals surface area (Å²) in [6, 6.07) is 11.3. The predicted octanol–water partition coefficient (Wildman–Crippen LogP) is 2.28. The number of benzene rings is 1. The van der Waals surface area contributed by atoms with Crippen LogP contribution < -0.4 is 5.32 Å². The Hall–Kier alpha value is -2.54. The molecule has 0 saturated carbocycles. The first-order valence-corrected chi connectivity index (χ1v) is 8.36. The van der Waals surface area contributed by atoms with E-state index in [4.69, 9.17) is 4.74 Å². The molecule has 0 atom stereocenters. The SMILES string of the molecule is CC(=O)c1c[nH]c(C(=O)OCC(=O)NCCSc2ccccc2)c1. The summed E-state index contributed by atoms with van der Waals surface area (Å²) in [5, 5.41) is 2.68. The van der Waals surface area contributed by atoms with Crippen molar-refractivity contribution < 1.29 is 19.1 Å². The molecule has 0 aliphatic heterocycles. The van der Waals surface area contributed by atoms with Crippen molar-refractivity contribution in [1.29, 1.82) is 0 Å². The van der Waals surface area contributed by atoms with Gasteiger partial charge in [-0.1, -0.05) is 18.2 Å². The molecule has 0 aliphatic carbocycles. The van der Waals surface area contributed by atoms with Crippen LogP contribution in [0.5, 0.6) is 0 Å². The Morgan fingerprint density at radius 1 is 1.21 bits per heavy atom. The highest BCUT2D eigenvalue weighted by Crippen LogP contribution is 2.15. The van der Waals surface area contributed by atoms with Crippen molar-refractivity contribution in [3.8, 4) is 0 Å². The lowest BCUT2D eigenvalue weighted by Gasteiger charge is -2.06. The van der Waals surface area contributed by atoms with Crippen LogP contribution in [-0.2, 0) is 9.53 Å². The zero-order valence-electron chi connectivity index (χ0n) is 13.2. The lowest BCUT2D eigenvalue weighted by Crippen LogP contribution is -2.30. The van der Waals surface area contributed by atoms with Crippen LogP contribution in [0, 0.1) is 0 Å². The standard InChI is InChI=1S/C17H18N2O4S/c1-12(20)13-9-15(19-10-13)17(22)23-11-16(21)18-7-8-24-14-5-3-2-4-6-14/h2-6,9-10,19H,7-8,11H2,1H3,(H,18,21). The number of nitrogens with one attached hydrogen (secondary N) is 2. The van der Waals surface area contributed by atoms with E-state index in [9.17, 15) is 14.4 Å². The number of rotatable bonds is 8.